The number of benzene rings is 2. The number of amides is 2. The predicted octanol–water partition coefficient (Wildman–Crippen LogP) is 3.45. The third kappa shape index (κ3) is 6.10. The molecule has 188 valence electrons. The molecule has 0 fully saturated rings. The summed E-state index contributed by atoms with van der Waals surface area (Å²) in [6.07, 6.45) is -7.61. The number of alkyl halides is 3. The van der Waals surface area contributed by atoms with Crippen molar-refractivity contribution in [1.29, 1.82) is 0 Å². The molecule has 0 spiro atoms. The van der Waals surface area contributed by atoms with Gasteiger partial charge in [0.05, 0.1) is 13.0 Å². The van der Waals surface area contributed by atoms with Crippen molar-refractivity contribution in [2.45, 2.75) is 37.0 Å². The van der Waals surface area contributed by atoms with Gasteiger partial charge in [0.25, 0.3) is 0 Å². The lowest BCUT2D eigenvalue weighted by atomic mass is 9.98. The largest absolute Gasteiger partial charge is 0.480 e. The molecule has 0 aliphatic heterocycles. The molecule has 2 aromatic carbocycles. The Labute approximate surface area is 199 Å². The number of fused-ring (bicyclic) bond motifs is 3. The second-order valence-corrected chi connectivity index (χ2v) is 8.40. The SMILES string of the molecule is COCC(C)(NC(=O)OCC1c2ccccc2-c2ccccc21)C(=O)NC(CC(F)(F)F)C(=O)O. The summed E-state index contributed by atoms with van der Waals surface area (Å²) in [7, 11) is 1.22. The molecule has 2 amide bonds. The van der Waals surface area contributed by atoms with Crippen molar-refractivity contribution in [1.82, 2.24) is 10.6 Å². The second-order valence-electron chi connectivity index (χ2n) is 8.40. The highest BCUT2D eigenvalue weighted by Gasteiger charge is 2.42. The van der Waals surface area contributed by atoms with Crippen LogP contribution in [0, 0.1) is 0 Å². The molecule has 0 aromatic heterocycles. The zero-order valence-corrected chi connectivity index (χ0v) is 19.0. The number of carbonyl (C=O) groups excluding carboxylic acids is 2. The van der Waals surface area contributed by atoms with Gasteiger partial charge in [-0.05, 0) is 29.2 Å². The fraction of sp³-hybridized carbons (Fsp3) is 0.375. The van der Waals surface area contributed by atoms with Gasteiger partial charge in [0.1, 0.15) is 18.2 Å². The van der Waals surface area contributed by atoms with Crippen LogP contribution in [0.4, 0.5) is 18.0 Å². The molecule has 0 saturated carbocycles. The maximum Gasteiger partial charge on any atom is 0.408 e. The fourth-order valence-corrected chi connectivity index (χ4v) is 4.06. The molecule has 2 atom stereocenters. The Morgan fingerprint density at radius 1 is 1.03 bits per heavy atom. The zero-order chi connectivity index (χ0) is 25.8. The van der Waals surface area contributed by atoms with Crippen molar-refractivity contribution in [2.24, 2.45) is 0 Å². The minimum atomic E-state index is -4.83. The molecule has 3 rings (SSSR count). The van der Waals surface area contributed by atoms with Crippen molar-refractivity contribution < 1.29 is 42.1 Å². The molecule has 0 saturated heterocycles. The first-order valence-electron chi connectivity index (χ1n) is 10.7. The summed E-state index contributed by atoms with van der Waals surface area (Å²) in [4.78, 5) is 36.5. The number of halogens is 3. The molecule has 2 aromatic rings. The third-order valence-corrected chi connectivity index (χ3v) is 5.69. The second kappa shape index (κ2) is 10.3. The van der Waals surface area contributed by atoms with Crippen LogP contribution < -0.4 is 10.6 Å². The predicted molar refractivity (Wildman–Crippen MR) is 119 cm³/mol. The minimum absolute atomic E-state index is 0.0592. The van der Waals surface area contributed by atoms with E-state index in [1.54, 1.807) is 0 Å². The van der Waals surface area contributed by atoms with Crippen molar-refractivity contribution in [3.05, 3.63) is 59.7 Å². The van der Waals surface area contributed by atoms with E-state index < -0.39 is 48.8 Å². The third-order valence-electron chi connectivity index (χ3n) is 5.69. The van der Waals surface area contributed by atoms with E-state index in [4.69, 9.17) is 14.6 Å². The van der Waals surface area contributed by atoms with E-state index in [1.165, 1.54) is 14.0 Å². The number of carboxylic acids is 1. The Morgan fingerprint density at radius 2 is 1.57 bits per heavy atom. The van der Waals surface area contributed by atoms with Crippen molar-refractivity contribution in [3.63, 3.8) is 0 Å². The summed E-state index contributed by atoms with van der Waals surface area (Å²) in [5, 5.41) is 13.2. The first kappa shape index (κ1) is 26.0. The van der Waals surface area contributed by atoms with Gasteiger partial charge in [-0.15, -0.1) is 0 Å². The molecular formula is C24H25F3N2O6. The summed E-state index contributed by atoms with van der Waals surface area (Å²) < 4.78 is 48.4. The lowest BCUT2D eigenvalue weighted by Gasteiger charge is -2.30. The molecule has 1 aliphatic rings. The Kier molecular flexibility index (Phi) is 7.69. The molecule has 3 N–H and O–H groups in total. The van der Waals surface area contributed by atoms with Gasteiger partial charge in [-0.1, -0.05) is 48.5 Å². The van der Waals surface area contributed by atoms with E-state index in [0.29, 0.717) is 0 Å². The van der Waals surface area contributed by atoms with Gasteiger partial charge in [0.15, 0.2) is 0 Å². The number of hydrogen-bond donors (Lipinski definition) is 3. The van der Waals surface area contributed by atoms with E-state index in [2.05, 4.69) is 5.32 Å². The molecule has 35 heavy (non-hydrogen) atoms. The molecule has 0 bridgehead atoms. The number of carboxylic acid groups (broad SMARTS) is 1. The van der Waals surface area contributed by atoms with Crippen LogP contribution >= 0.6 is 0 Å². The topological polar surface area (TPSA) is 114 Å². The summed E-state index contributed by atoms with van der Waals surface area (Å²) in [5.41, 5.74) is 2.08. The molecule has 0 radical (unpaired) electrons. The summed E-state index contributed by atoms with van der Waals surface area (Å²) >= 11 is 0. The first-order valence-corrected chi connectivity index (χ1v) is 10.7. The number of ether oxygens (including phenoxy) is 2. The summed E-state index contributed by atoms with van der Waals surface area (Å²) in [5.74, 6) is -3.28. The highest BCUT2D eigenvalue weighted by atomic mass is 19.4. The van der Waals surface area contributed by atoms with Crippen molar-refractivity contribution in [3.8, 4) is 11.1 Å². The molecule has 0 heterocycles. The van der Waals surface area contributed by atoms with Crippen LogP contribution in [-0.4, -0.2) is 61.2 Å². The molecule has 11 heteroatoms. The van der Waals surface area contributed by atoms with Gasteiger partial charge in [-0.25, -0.2) is 9.59 Å². The zero-order valence-electron chi connectivity index (χ0n) is 19.0. The number of nitrogens with one attached hydrogen (secondary N) is 2. The number of hydrogen-bond acceptors (Lipinski definition) is 5. The van der Waals surface area contributed by atoms with Crippen LogP contribution in [0.2, 0.25) is 0 Å². The highest BCUT2D eigenvalue weighted by Crippen LogP contribution is 2.44. The van der Waals surface area contributed by atoms with Crippen LogP contribution in [0.5, 0.6) is 0 Å². The number of methoxy groups -OCH3 is 1. The van der Waals surface area contributed by atoms with Crippen LogP contribution in [0.25, 0.3) is 11.1 Å². The normalized spacial score (nSPS) is 15.3. The number of carbonyl (C=O) groups is 3. The van der Waals surface area contributed by atoms with Gasteiger partial charge in [0.2, 0.25) is 5.91 Å². The van der Waals surface area contributed by atoms with Gasteiger partial charge in [-0.3, -0.25) is 4.79 Å². The molecule has 8 nitrogen and oxygen atoms in total. The lowest BCUT2D eigenvalue weighted by Crippen LogP contribution is -2.62. The van der Waals surface area contributed by atoms with Gasteiger partial charge < -0.3 is 25.2 Å². The monoisotopic (exact) mass is 494 g/mol. The number of alkyl carbamates (subject to hydrolysis) is 1. The molecule has 2 unspecified atom stereocenters. The van der Waals surface area contributed by atoms with Crippen LogP contribution in [0.3, 0.4) is 0 Å². The molecular weight excluding hydrogens is 469 g/mol. The number of aliphatic carboxylic acids is 1. The van der Waals surface area contributed by atoms with E-state index in [9.17, 15) is 27.6 Å². The maximum absolute atomic E-state index is 12.7. The highest BCUT2D eigenvalue weighted by molar-refractivity contribution is 5.92. The quantitative estimate of drug-likeness (QED) is 0.492. The van der Waals surface area contributed by atoms with E-state index in [1.807, 2.05) is 53.8 Å². The van der Waals surface area contributed by atoms with E-state index >= 15 is 0 Å². The number of rotatable bonds is 9. The summed E-state index contributed by atoms with van der Waals surface area (Å²) in [6, 6.07) is 13.1. The summed E-state index contributed by atoms with van der Waals surface area (Å²) in [6.45, 7) is 0.692. The minimum Gasteiger partial charge on any atom is -0.480 e. The van der Waals surface area contributed by atoms with Crippen molar-refractivity contribution in [2.75, 3.05) is 20.3 Å². The average Bonchev–Trinajstić information content (AvgIpc) is 3.10. The Hall–Kier alpha value is -3.60. The van der Waals surface area contributed by atoms with Gasteiger partial charge >= 0.3 is 18.2 Å². The van der Waals surface area contributed by atoms with Crippen LogP contribution in [0.1, 0.15) is 30.4 Å². The van der Waals surface area contributed by atoms with Crippen LogP contribution in [-0.2, 0) is 19.1 Å². The average molecular weight is 494 g/mol. The Balaban J connectivity index is 1.70. The molecule has 1 aliphatic carbocycles. The van der Waals surface area contributed by atoms with Gasteiger partial charge in [0, 0.05) is 13.0 Å². The van der Waals surface area contributed by atoms with Gasteiger partial charge in [-0.2, -0.15) is 13.2 Å². The standard InChI is InChI=1S/C24H25F3N2O6/c1-23(13-34-2,21(32)28-19(20(30)31)11-24(25,26)27)29-22(33)35-12-18-16-9-5-3-7-14(16)15-8-4-6-10-17(15)18/h3-10,18-19H,11-13H2,1-2H3,(H,28,32)(H,29,33)(H,30,31). The fourth-order valence-electron chi connectivity index (χ4n) is 4.06. The Bertz CT molecular complexity index is 1060. The lowest BCUT2D eigenvalue weighted by molar-refractivity contribution is -0.160. The van der Waals surface area contributed by atoms with Crippen molar-refractivity contribution >= 4 is 18.0 Å². The smallest absolute Gasteiger partial charge is 0.408 e. The first-order chi connectivity index (χ1) is 16.4. The van der Waals surface area contributed by atoms with Crippen LogP contribution in [0.15, 0.2) is 48.5 Å². The maximum atomic E-state index is 12.7. The van der Waals surface area contributed by atoms with E-state index in [0.717, 1.165) is 22.3 Å². The Morgan fingerprint density at radius 3 is 2.06 bits per heavy atom. The van der Waals surface area contributed by atoms with E-state index in [-0.39, 0.29) is 12.5 Å².